The Bertz CT molecular complexity index is 762. The minimum absolute atomic E-state index is 0.0921. The summed E-state index contributed by atoms with van der Waals surface area (Å²) in [6, 6.07) is 10.0. The maximum Gasteiger partial charge on any atom is 0.342 e. The number of nitrogens with two attached hydrogens (primary N) is 1. The van der Waals surface area contributed by atoms with E-state index in [4.69, 9.17) is 15.2 Å². The highest BCUT2D eigenvalue weighted by Crippen LogP contribution is 2.78. The van der Waals surface area contributed by atoms with Gasteiger partial charge in [-0.3, -0.25) is 5.73 Å². The molecule has 1 aromatic carbocycles. The number of halogens is 1. The molecule has 3 rings (SSSR count). The number of fused-ring (bicyclic) bond motifs is 1. The van der Waals surface area contributed by atoms with Crippen molar-refractivity contribution in [2.75, 3.05) is 14.2 Å². The van der Waals surface area contributed by atoms with Crippen molar-refractivity contribution in [3.05, 3.63) is 35.6 Å². The first-order valence-corrected chi connectivity index (χ1v) is 6.59. The van der Waals surface area contributed by atoms with Crippen LogP contribution in [0.5, 0.6) is 0 Å². The Kier molecular flexibility index (Phi) is 2.80. The first kappa shape index (κ1) is 14.5. The highest BCUT2D eigenvalue weighted by atomic mass is 19.1. The molecule has 1 aliphatic carbocycles. The van der Waals surface area contributed by atoms with Crippen LogP contribution in [0.25, 0.3) is 0 Å². The second-order valence-electron chi connectivity index (χ2n) is 5.39. The Morgan fingerprint density at radius 3 is 2.45 bits per heavy atom. The lowest BCUT2D eigenvalue weighted by Gasteiger charge is -2.26. The van der Waals surface area contributed by atoms with Crippen molar-refractivity contribution in [2.24, 2.45) is 16.6 Å². The number of benzene rings is 1. The minimum Gasteiger partial charge on any atom is -0.317 e. The molecule has 7 heteroatoms. The van der Waals surface area contributed by atoms with Crippen molar-refractivity contribution in [1.82, 2.24) is 0 Å². The Morgan fingerprint density at radius 2 is 1.95 bits per heavy atom. The van der Waals surface area contributed by atoms with Crippen molar-refractivity contribution in [1.29, 1.82) is 10.5 Å². The number of amidine groups is 1. The van der Waals surface area contributed by atoms with Gasteiger partial charge >= 0.3 is 5.91 Å². The molecule has 3 N–H and O–H groups in total. The second kappa shape index (κ2) is 4.26. The maximum absolute atomic E-state index is 13.6. The fraction of sp³-hybridized carbons (Fsp3) is 0.400. The van der Waals surface area contributed by atoms with E-state index in [0.717, 1.165) is 0 Å². The number of nitriles is 2. The van der Waals surface area contributed by atoms with Crippen LogP contribution in [0.3, 0.4) is 0 Å². The number of nitrogens with one attached hydrogen (secondary N) is 1. The molecule has 0 amide bonds. The number of ether oxygens (including phenoxy) is 2. The van der Waals surface area contributed by atoms with Gasteiger partial charge in [0.2, 0.25) is 0 Å². The van der Waals surface area contributed by atoms with Crippen molar-refractivity contribution >= 4 is 5.84 Å². The normalized spacial score (nSPS) is 34.2. The molecule has 0 radical (unpaired) electrons. The Labute approximate surface area is 126 Å². The first-order chi connectivity index (χ1) is 10.5. The summed E-state index contributed by atoms with van der Waals surface area (Å²) in [5.74, 6) is -2.56. The zero-order valence-corrected chi connectivity index (χ0v) is 12.1. The van der Waals surface area contributed by atoms with Gasteiger partial charge in [0.25, 0.3) is 5.84 Å². The summed E-state index contributed by atoms with van der Waals surface area (Å²) in [4.78, 5) is 2.78. The molecular formula is C15H14FN4O2+. The summed E-state index contributed by atoms with van der Waals surface area (Å²) in [6.07, 6.45) is 0. The van der Waals surface area contributed by atoms with Gasteiger partial charge in [0.15, 0.2) is 10.8 Å². The third-order valence-electron chi connectivity index (χ3n) is 4.76. The predicted molar refractivity (Wildman–Crippen MR) is 72.1 cm³/mol. The van der Waals surface area contributed by atoms with Crippen LogP contribution >= 0.6 is 0 Å². The SMILES string of the molecule is COC1(OC)[NH+]=C(N)[C@@]2(C#N)[C@H](c3cccc(F)c3)[C@@]12C#N. The number of hydrogen-bond donors (Lipinski definition) is 2. The molecule has 0 aromatic heterocycles. The largest absolute Gasteiger partial charge is 0.342 e. The zero-order valence-electron chi connectivity index (χ0n) is 12.1. The van der Waals surface area contributed by atoms with E-state index in [-0.39, 0.29) is 5.84 Å². The molecule has 0 bridgehead atoms. The molecule has 1 heterocycles. The minimum atomic E-state index is -1.56. The van der Waals surface area contributed by atoms with Crippen LogP contribution in [0.15, 0.2) is 24.3 Å². The highest BCUT2D eigenvalue weighted by Gasteiger charge is 2.96. The summed E-state index contributed by atoms with van der Waals surface area (Å²) in [7, 11) is 2.72. The maximum atomic E-state index is 13.6. The molecular weight excluding hydrogens is 287 g/mol. The molecule has 1 aliphatic heterocycles. The Hall–Kier alpha value is -2.48. The summed E-state index contributed by atoms with van der Waals surface area (Å²) in [5.41, 5.74) is 3.78. The van der Waals surface area contributed by atoms with Crippen LogP contribution in [0.4, 0.5) is 4.39 Å². The Balaban J connectivity index is 2.26. The summed E-state index contributed by atoms with van der Waals surface area (Å²) in [6.45, 7) is 0. The lowest BCUT2D eigenvalue weighted by molar-refractivity contribution is -0.687. The van der Waals surface area contributed by atoms with E-state index in [9.17, 15) is 14.9 Å². The van der Waals surface area contributed by atoms with Crippen molar-refractivity contribution in [2.45, 2.75) is 11.8 Å². The first-order valence-electron chi connectivity index (χ1n) is 6.59. The van der Waals surface area contributed by atoms with Gasteiger partial charge in [0.1, 0.15) is 5.82 Å². The molecule has 3 atom stereocenters. The van der Waals surface area contributed by atoms with Crippen LogP contribution in [0.1, 0.15) is 11.5 Å². The van der Waals surface area contributed by atoms with Crippen LogP contribution in [0, 0.1) is 39.3 Å². The van der Waals surface area contributed by atoms with Crippen LogP contribution in [-0.4, -0.2) is 26.0 Å². The average molecular weight is 301 g/mol. The van der Waals surface area contributed by atoms with E-state index in [1.54, 1.807) is 6.07 Å². The summed E-state index contributed by atoms with van der Waals surface area (Å²) < 4.78 is 24.3. The van der Waals surface area contributed by atoms with Crippen LogP contribution < -0.4 is 10.7 Å². The van der Waals surface area contributed by atoms with Gasteiger partial charge in [-0.05, 0) is 17.7 Å². The van der Waals surface area contributed by atoms with Gasteiger partial charge in [-0.25, -0.2) is 9.38 Å². The highest BCUT2D eigenvalue weighted by molar-refractivity contribution is 5.95. The van der Waals surface area contributed by atoms with E-state index in [0.29, 0.717) is 5.56 Å². The van der Waals surface area contributed by atoms with Crippen molar-refractivity contribution in [3.8, 4) is 12.1 Å². The van der Waals surface area contributed by atoms with Crippen LogP contribution in [0.2, 0.25) is 0 Å². The van der Waals surface area contributed by atoms with Gasteiger partial charge < -0.3 is 9.47 Å². The standard InChI is InChI=1S/C15H13FN4O2/c1-21-15(22-2)14(8-18)11(9-4-3-5-10(16)6-9)13(14,7-17)12(19)20-15/h3-6,11H,1-2H3,(H2,19,20)/p+1/t11-,13+,14+/m0/s1. The predicted octanol–water partition coefficient (Wildman–Crippen LogP) is -0.659. The summed E-state index contributed by atoms with van der Waals surface area (Å²) in [5, 5.41) is 19.5. The molecule has 1 aromatic rings. The monoisotopic (exact) mass is 301 g/mol. The molecule has 0 spiro atoms. The third-order valence-corrected chi connectivity index (χ3v) is 4.76. The molecule has 1 saturated carbocycles. The van der Waals surface area contributed by atoms with Gasteiger partial charge in [-0.1, -0.05) is 12.1 Å². The number of methoxy groups -OCH3 is 2. The Morgan fingerprint density at radius 1 is 1.27 bits per heavy atom. The third kappa shape index (κ3) is 1.22. The lowest BCUT2D eigenvalue weighted by atomic mass is 9.93. The second-order valence-corrected chi connectivity index (χ2v) is 5.39. The number of nitrogens with zero attached hydrogens (tertiary/aromatic N) is 2. The smallest absolute Gasteiger partial charge is 0.317 e. The topological polar surface area (TPSA) is 106 Å². The van der Waals surface area contributed by atoms with Crippen molar-refractivity contribution < 1.29 is 18.9 Å². The van der Waals surface area contributed by atoms with E-state index >= 15 is 0 Å². The molecule has 2 aliphatic rings. The van der Waals surface area contributed by atoms with Gasteiger partial charge in [-0.2, -0.15) is 10.5 Å². The van der Waals surface area contributed by atoms with Gasteiger partial charge in [0, 0.05) is 20.1 Å². The average Bonchev–Trinajstić information content (AvgIpc) is 3.11. The number of rotatable bonds is 3. The molecule has 0 saturated heterocycles. The summed E-state index contributed by atoms with van der Waals surface area (Å²) >= 11 is 0. The zero-order chi connectivity index (χ0) is 16.2. The molecule has 22 heavy (non-hydrogen) atoms. The fourth-order valence-corrected chi connectivity index (χ4v) is 3.80. The van der Waals surface area contributed by atoms with Crippen molar-refractivity contribution in [3.63, 3.8) is 0 Å². The molecule has 1 fully saturated rings. The van der Waals surface area contributed by atoms with Crippen LogP contribution in [-0.2, 0) is 9.47 Å². The molecule has 112 valence electrons. The fourth-order valence-electron chi connectivity index (χ4n) is 3.80. The van der Waals surface area contributed by atoms with E-state index in [1.807, 2.05) is 0 Å². The van der Waals surface area contributed by atoms with E-state index in [1.165, 1.54) is 32.4 Å². The van der Waals surface area contributed by atoms with Gasteiger partial charge in [0.05, 0.1) is 12.1 Å². The van der Waals surface area contributed by atoms with Gasteiger partial charge in [-0.15, -0.1) is 0 Å². The molecule has 0 unspecified atom stereocenters. The quantitative estimate of drug-likeness (QED) is 0.721. The lowest BCUT2D eigenvalue weighted by Crippen LogP contribution is -2.90. The number of hydrogen-bond acceptors (Lipinski definition) is 5. The van der Waals surface area contributed by atoms with E-state index in [2.05, 4.69) is 17.1 Å². The van der Waals surface area contributed by atoms with E-state index < -0.39 is 28.5 Å². The molecule has 6 nitrogen and oxygen atoms in total.